The second-order valence-corrected chi connectivity index (χ2v) is 5.80. The van der Waals surface area contributed by atoms with Gasteiger partial charge in [0.05, 0.1) is 5.92 Å². The van der Waals surface area contributed by atoms with Crippen LogP contribution < -0.4 is 10.6 Å². The number of benzene rings is 1. The van der Waals surface area contributed by atoms with E-state index in [2.05, 4.69) is 10.6 Å². The van der Waals surface area contributed by atoms with E-state index in [1.807, 2.05) is 0 Å². The molecule has 1 aromatic rings. The Morgan fingerprint density at radius 3 is 2.55 bits per heavy atom. The van der Waals surface area contributed by atoms with Crippen molar-refractivity contribution in [3.8, 4) is 0 Å². The Morgan fingerprint density at radius 2 is 1.95 bits per heavy atom. The first-order chi connectivity index (χ1) is 10.5. The van der Waals surface area contributed by atoms with Gasteiger partial charge in [-0.3, -0.25) is 4.79 Å². The molecule has 0 bridgehead atoms. The number of halogens is 1. The third-order valence-electron chi connectivity index (χ3n) is 4.09. The van der Waals surface area contributed by atoms with Crippen LogP contribution in [0.3, 0.4) is 0 Å². The third kappa shape index (κ3) is 4.44. The topological polar surface area (TPSA) is 78.4 Å². The molecule has 0 atom stereocenters. The van der Waals surface area contributed by atoms with Gasteiger partial charge in [0.25, 0.3) is 0 Å². The maximum absolute atomic E-state index is 13.2. The molecule has 120 valence electrons. The van der Waals surface area contributed by atoms with Gasteiger partial charge in [0.1, 0.15) is 5.82 Å². The predicted octanol–water partition coefficient (Wildman–Crippen LogP) is 2.58. The van der Waals surface area contributed by atoms with Crippen molar-refractivity contribution < 1.29 is 19.1 Å². The van der Waals surface area contributed by atoms with Crippen LogP contribution in [-0.2, 0) is 11.3 Å². The molecule has 1 aliphatic rings. The van der Waals surface area contributed by atoms with E-state index in [0.29, 0.717) is 37.8 Å². The molecule has 3 N–H and O–H groups in total. The smallest absolute Gasteiger partial charge is 0.315 e. The second kappa shape index (κ2) is 7.24. The molecule has 0 heterocycles. The van der Waals surface area contributed by atoms with E-state index < -0.39 is 5.97 Å². The average Bonchev–Trinajstić information content (AvgIpc) is 2.49. The van der Waals surface area contributed by atoms with Gasteiger partial charge in [0.2, 0.25) is 0 Å². The van der Waals surface area contributed by atoms with Gasteiger partial charge < -0.3 is 15.7 Å². The lowest BCUT2D eigenvalue weighted by molar-refractivity contribution is -0.142. The summed E-state index contributed by atoms with van der Waals surface area (Å²) in [6, 6.07) is 4.47. The minimum absolute atomic E-state index is 0.0190. The lowest BCUT2D eigenvalue weighted by Crippen LogP contribution is -2.43. The summed E-state index contributed by atoms with van der Waals surface area (Å²) in [4.78, 5) is 22.7. The molecule has 1 fully saturated rings. The zero-order valence-electron chi connectivity index (χ0n) is 12.6. The molecule has 5 nitrogen and oxygen atoms in total. The first-order valence-corrected chi connectivity index (χ1v) is 7.48. The lowest BCUT2D eigenvalue weighted by Gasteiger charge is -2.26. The van der Waals surface area contributed by atoms with Crippen LogP contribution in [0.15, 0.2) is 18.2 Å². The molecule has 0 radical (unpaired) electrons. The minimum Gasteiger partial charge on any atom is -0.481 e. The third-order valence-corrected chi connectivity index (χ3v) is 4.09. The number of carboxylic acids is 1. The fraction of sp³-hybridized carbons (Fsp3) is 0.500. The van der Waals surface area contributed by atoms with Crippen LogP contribution in [0, 0.1) is 18.7 Å². The van der Waals surface area contributed by atoms with Crippen LogP contribution >= 0.6 is 0 Å². The summed E-state index contributed by atoms with van der Waals surface area (Å²) in [6.45, 7) is 2.01. The predicted molar refractivity (Wildman–Crippen MR) is 79.9 cm³/mol. The molecule has 1 saturated carbocycles. The molecule has 2 amide bonds. The quantitative estimate of drug-likeness (QED) is 0.800. The summed E-state index contributed by atoms with van der Waals surface area (Å²) in [5, 5.41) is 14.5. The van der Waals surface area contributed by atoms with Gasteiger partial charge in [-0.1, -0.05) is 12.1 Å². The summed E-state index contributed by atoms with van der Waals surface area (Å²) in [5.74, 6) is -1.30. The van der Waals surface area contributed by atoms with E-state index in [-0.39, 0.29) is 23.8 Å². The Labute approximate surface area is 128 Å². The van der Waals surface area contributed by atoms with E-state index >= 15 is 0 Å². The summed E-state index contributed by atoms with van der Waals surface area (Å²) in [7, 11) is 0. The lowest BCUT2D eigenvalue weighted by atomic mass is 9.86. The van der Waals surface area contributed by atoms with Crippen molar-refractivity contribution in [3.63, 3.8) is 0 Å². The largest absolute Gasteiger partial charge is 0.481 e. The van der Waals surface area contributed by atoms with Crippen LogP contribution in [0.2, 0.25) is 0 Å². The van der Waals surface area contributed by atoms with E-state index in [9.17, 15) is 14.0 Å². The zero-order chi connectivity index (χ0) is 16.1. The summed E-state index contributed by atoms with van der Waals surface area (Å²) in [5.41, 5.74) is 1.38. The molecular formula is C16H21FN2O3. The molecule has 0 spiro atoms. The van der Waals surface area contributed by atoms with E-state index in [4.69, 9.17) is 5.11 Å². The number of nitrogens with one attached hydrogen (secondary N) is 2. The highest BCUT2D eigenvalue weighted by atomic mass is 19.1. The first-order valence-electron chi connectivity index (χ1n) is 7.48. The van der Waals surface area contributed by atoms with E-state index in [1.54, 1.807) is 19.1 Å². The molecule has 0 unspecified atom stereocenters. The monoisotopic (exact) mass is 308 g/mol. The number of hydrogen-bond acceptors (Lipinski definition) is 2. The number of carbonyl (C=O) groups is 2. The average molecular weight is 308 g/mol. The molecule has 0 aliphatic heterocycles. The van der Waals surface area contributed by atoms with Crippen molar-refractivity contribution in [3.05, 3.63) is 35.1 Å². The summed E-state index contributed by atoms with van der Waals surface area (Å²) < 4.78 is 13.2. The number of amides is 2. The standard InChI is InChI=1S/C16H21FN2O3/c1-10-8-11(2-7-14(10)17)9-18-16(22)19-13-5-3-12(4-6-13)15(20)21/h2,7-8,12-13H,3-6,9H2,1H3,(H,20,21)(H2,18,19,22). The van der Waals surface area contributed by atoms with Crippen molar-refractivity contribution in [1.82, 2.24) is 10.6 Å². The Morgan fingerprint density at radius 1 is 1.27 bits per heavy atom. The van der Waals surface area contributed by atoms with Gasteiger partial charge >= 0.3 is 12.0 Å². The van der Waals surface area contributed by atoms with Gasteiger partial charge in [0, 0.05) is 12.6 Å². The second-order valence-electron chi connectivity index (χ2n) is 5.80. The minimum atomic E-state index is -0.755. The fourth-order valence-corrected chi connectivity index (χ4v) is 2.72. The van der Waals surface area contributed by atoms with Gasteiger partial charge in [-0.05, 0) is 49.8 Å². The Kier molecular flexibility index (Phi) is 5.35. The number of aryl methyl sites for hydroxylation is 1. The zero-order valence-corrected chi connectivity index (χ0v) is 12.6. The molecule has 1 aliphatic carbocycles. The normalized spacial score (nSPS) is 21.2. The van der Waals surface area contributed by atoms with Crippen LogP contribution in [-0.4, -0.2) is 23.1 Å². The number of hydrogen-bond donors (Lipinski definition) is 3. The Hall–Kier alpha value is -2.11. The highest BCUT2D eigenvalue weighted by molar-refractivity contribution is 5.74. The van der Waals surface area contributed by atoms with Crippen LogP contribution in [0.1, 0.15) is 36.8 Å². The Bertz CT molecular complexity index is 554. The van der Waals surface area contributed by atoms with Crippen molar-refractivity contribution in [2.45, 2.75) is 45.2 Å². The van der Waals surface area contributed by atoms with E-state index in [1.165, 1.54) is 6.07 Å². The van der Waals surface area contributed by atoms with Crippen LogP contribution in [0.4, 0.5) is 9.18 Å². The molecular weight excluding hydrogens is 287 g/mol. The van der Waals surface area contributed by atoms with Gasteiger partial charge in [-0.2, -0.15) is 0 Å². The molecule has 0 aromatic heterocycles. The summed E-state index contributed by atoms with van der Waals surface area (Å²) in [6.07, 6.45) is 2.55. The highest BCUT2D eigenvalue weighted by Gasteiger charge is 2.26. The van der Waals surface area contributed by atoms with Gasteiger partial charge in [-0.25, -0.2) is 9.18 Å². The number of urea groups is 1. The summed E-state index contributed by atoms with van der Waals surface area (Å²) >= 11 is 0. The molecule has 2 rings (SSSR count). The Balaban J connectivity index is 1.74. The van der Waals surface area contributed by atoms with Crippen LogP contribution in [0.25, 0.3) is 0 Å². The fourth-order valence-electron chi connectivity index (χ4n) is 2.72. The van der Waals surface area contributed by atoms with Crippen LogP contribution in [0.5, 0.6) is 0 Å². The maximum Gasteiger partial charge on any atom is 0.315 e. The van der Waals surface area contributed by atoms with Crippen molar-refractivity contribution in [2.24, 2.45) is 5.92 Å². The molecule has 1 aromatic carbocycles. The highest BCUT2D eigenvalue weighted by Crippen LogP contribution is 2.24. The van der Waals surface area contributed by atoms with Gasteiger partial charge in [-0.15, -0.1) is 0 Å². The number of aliphatic carboxylic acids is 1. The number of rotatable bonds is 4. The van der Waals surface area contributed by atoms with E-state index in [0.717, 1.165) is 5.56 Å². The molecule has 6 heteroatoms. The SMILES string of the molecule is Cc1cc(CNC(=O)NC2CCC(C(=O)O)CC2)ccc1F. The maximum atomic E-state index is 13.2. The molecule has 22 heavy (non-hydrogen) atoms. The number of carboxylic acid groups (broad SMARTS) is 1. The van der Waals surface area contributed by atoms with Crippen molar-refractivity contribution in [2.75, 3.05) is 0 Å². The first kappa shape index (κ1) is 16.3. The van der Waals surface area contributed by atoms with Crippen molar-refractivity contribution in [1.29, 1.82) is 0 Å². The van der Waals surface area contributed by atoms with Crippen molar-refractivity contribution >= 4 is 12.0 Å². The molecule has 0 saturated heterocycles. The number of carbonyl (C=O) groups excluding carboxylic acids is 1. The van der Waals surface area contributed by atoms with Gasteiger partial charge in [0.15, 0.2) is 0 Å².